The minimum Gasteiger partial charge on any atom is -0.477 e. The number of fused-ring (bicyclic) bond motifs is 1. The van der Waals surface area contributed by atoms with Gasteiger partial charge in [-0.05, 0) is 5.41 Å². The van der Waals surface area contributed by atoms with Gasteiger partial charge in [0.1, 0.15) is 17.1 Å². The second-order valence-electron chi connectivity index (χ2n) is 5.67. The van der Waals surface area contributed by atoms with E-state index in [0.717, 1.165) is 17.3 Å². The highest BCUT2D eigenvalue weighted by Crippen LogP contribution is 2.44. The molecule has 9 nitrogen and oxygen atoms in total. The van der Waals surface area contributed by atoms with E-state index in [2.05, 4.69) is 15.5 Å². The smallest absolute Gasteiger partial charge is 0.353 e. The average molecular weight is 438 g/mol. The molecule has 2 aliphatic rings. The number of carbonyl (C=O) groups excluding carboxylic acids is 2. The molecule has 0 bridgehead atoms. The number of hydrogen-bond acceptors (Lipinski definition) is 8. The summed E-state index contributed by atoms with van der Waals surface area (Å²) in [5, 5.41) is 28.3. The molecule has 1 saturated heterocycles. The number of carbonyl (C=O) groups is 3. The van der Waals surface area contributed by atoms with Crippen LogP contribution in [0.15, 0.2) is 34.5 Å². The van der Waals surface area contributed by atoms with Gasteiger partial charge in [0, 0.05) is 34.2 Å². The minimum absolute atomic E-state index is 0.0147. The normalized spacial score (nSPS) is 21.2. The van der Waals surface area contributed by atoms with Crippen molar-refractivity contribution in [3.63, 3.8) is 0 Å². The SMILES string of the molecule is N#CC=CSCC(=O)N[C@@H]1C(=O)N2C(C(=O)O)=C(SCc3cn[nH]c3)CS[C@@H]12. The number of amides is 2. The number of H-pyrrole nitrogens is 1. The maximum atomic E-state index is 12.5. The number of aromatic nitrogens is 2. The third-order valence-electron chi connectivity index (χ3n) is 3.87. The number of thioether (sulfide) groups is 3. The summed E-state index contributed by atoms with van der Waals surface area (Å²) < 4.78 is 0. The van der Waals surface area contributed by atoms with E-state index < -0.39 is 23.3 Å². The predicted octanol–water partition coefficient (Wildman–Crippen LogP) is 1.11. The Morgan fingerprint density at radius 2 is 2.39 bits per heavy atom. The van der Waals surface area contributed by atoms with Crippen LogP contribution in [-0.2, 0) is 20.1 Å². The molecule has 0 aliphatic carbocycles. The Kier molecular flexibility index (Phi) is 6.71. The minimum atomic E-state index is -1.16. The Morgan fingerprint density at radius 1 is 1.57 bits per heavy atom. The summed E-state index contributed by atoms with van der Waals surface area (Å²) in [5.74, 6) is -0.856. The van der Waals surface area contributed by atoms with E-state index in [-0.39, 0.29) is 17.4 Å². The van der Waals surface area contributed by atoms with Gasteiger partial charge in [0.2, 0.25) is 5.91 Å². The Hall–Kier alpha value is -2.36. The number of carboxylic acids is 1. The number of allylic oxidation sites excluding steroid dienone is 1. The fraction of sp³-hybridized carbons (Fsp3) is 0.312. The van der Waals surface area contributed by atoms with Crippen LogP contribution in [0.4, 0.5) is 0 Å². The maximum absolute atomic E-state index is 12.5. The lowest BCUT2D eigenvalue weighted by Crippen LogP contribution is -2.70. The highest BCUT2D eigenvalue weighted by atomic mass is 32.2. The molecule has 1 aromatic heterocycles. The van der Waals surface area contributed by atoms with E-state index in [1.54, 1.807) is 12.4 Å². The number of nitrogens with zero attached hydrogens (tertiary/aromatic N) is 3. The Morgan fingerprint density at radius 3 is 3.07 bits per heavy atom. The third-order valence-corrected chi connectivity index (χ3v) is 7.26. The van der Waals surface area contributed by atoms with Gasteiger partial charge in [0.25, 0.3) is 5.91 Å². The van der Waals surface area contributed by atoms with Crippen LogP contribution in [0.5, 0.6) is 0 Å². The molecule has 0 saturated carbocycles. The fourth-order valence-corrected chi connectivity index (χ4v) is 5.69. The Bertz CT molecular complexity index is 877. The molecule has 28 heavy (non-hydrogen) atoms. The zero-order chi connectivity index (χ0) is 20.1. The summed E-state index contributed by atoms with van der Waals surface area (Å²) in [5.41, 5.74) is 0.913. The fourth-order valence-electron chi connectivity index (χ4n) is 2.65. The number of aliphatic carboxylic acids is 1. The first-order chi connectivity index (χ1) is 13.5. The molecular weight excluding hydrogens is 422 g/mol. The predicted molar refractivity (Wildman–Crippen MR) is 107 cm³/mol. The number of hydrogen-bond donors (Lipinski definition) is 3. The molecule has 0 spiro atoms. The van der Waals surface area contributed by atoms with Gasteiger partial charge < -0.3 is 10.4 Å². The molecule has 146 valence electrons. The molecule has 0 aromatic carbocycles. The van der Waals surface area contributed by atoms with E-state index >= 15 is 0 Å². The molecule has 3 heterocycles. The first kappa shape index (κ1) is 20.4. The molecule has 12 heteroatoms. The summed E-state index contributed by atoms with van der Waals surface area (Å²) in [7, 11) is 0. The summed E-state index contributed by atoms with van der Waals surface area (Å²) in [6.07, 6.45) is 4.66. The Labute approximate surface area is 173 Å². The molecule has 2 atom stereocenters. The van der Waals surface area contributed by atoms with E-state index in [1.807, 2.05) is 6.07 Å². The van der Waals surface area contributed by atoms with Gasteiger partial charge in [-0.15, -0.1) is 35.3 Å². The van der Waals surface area contributed by atoms with Crippen LogP contribution in [0.25, 0.3) is 0 Å². The molecule has 1 aromatic rings. The van der Waals surface area contributed by atoms with Crippen molar-refractivity contribution in [1.82, 2.24) is 20.4 Å². The van der Waals surface area contributed by atoms with Gasteiger partial charge >= 0.3 is 5.97 Å². The molecule has 1 fully saturated rings. The zero-order valence-electron chi connectivity index (χ0n) is 14.3. The quantitative estimate of drug-likeness (QED) is 0.403. The van der Waals surface area contributed by atoms with Crippen molar-refractivity contribution in [2.24, 2.45) is 0 Å². The van der Waals surface area contributed by atoms with Crippen LogP contribution in [0.3, 0.4) is 0 Å². The van der Waals surface area contributed by atoms with Gasteiger partial charge in [-0.2, -0.15) is 10.4 Å². The van der Waals surface area contributed by atoms with Crippen molar-refractivity contribution in [1.29, 1.82) is 5.26 Å². The third kappa shape index (κ3) is 4.37. The lowest BCUT2D eigenvalue weighted by Gasteiger charge is -2.49. The van der Waals surface area contributed by atoms with Crippen molar-refractivity contribution in [2.75, 3.05) is 11.5 Å². The lowest BCUT2D eigenvalue weighted by molar-refractivity contribution is -0.150. The first-order valence-electron chi connectivity index (χ1n) is 8.00. The molecular formula is C16H15N5O4S3. The highest BCUT2D eigenvalue weighted by molar-refractivity contribution is 8.05. The lowest BCUT2D eigenvalue weighted by atomic mass is 10.1. The summed E-state index contributed by atoms with van der Waals surface area (Å²) in [6.45, 7) is 0. The number of nitrogens with one attached hydrogen (secondary N) is 2. The highest BCUT2D eigenvalue weighted by Gasteiger charge is 2.54. The van der Waals surface area contributed by atoms with Crippen LogP contribution in [0.2, 0.25) is 0 Å². The van der Waals surface area contributed by atoms with Crippen LogP contribution in [-0.4, -0.2) is 60.9 Å². The van der Waals surface area contributed by atoms with Crippen LogP contribution >= 0.6 is 35.3 Å². The summed E-state index contributed by atoms with van der Waals surface area (Å²) in [4.78, 5) is 38.1. The van der Waals surface area contributed by atoms with Crippen molar-refractivity contribution < 1.29 is 19.5 Å². The van der Waals surface area contributed by atoms with Gasteiger partial charge in [-0.3, -0.25) is 19.6 Å². The van der Waals surface area contributed by atoms with Gasteiger partial charge in [-0.1, -0.05) is 0 Å². The monoisotopic (exact) mass is 437 g/mol. The van der Waals surface area contributed by atoms with Crippen molar-refractivity contribution in [3.05, 3.63) is 40.0 Å². The first-order valence-corrected chi connectivity index (χ1v) is 11.1. The molecule has 3 rings (SSSR count). The van der Waals surface area contributed by atoms with E-state index in [0.29, 0.717) is 16.4 Å². The van der Waals surface area contributed by atoms with Crippen LogP contribution < -0.4 is 5.32 Å². The zero-order valence-corrected chi connectivity index (χ0v) is 16.8. The van der Waals surface area contributed by atoms with Crippen LogP contribution in [0.1, 0.15) is 5.56 Å². The molecule has 0 radical (unpaired) electrons. The van der Waals surface area contributed by atoms with Crippen molar-refractivity contribution in [3.8, 4) is 6.07 Å². The molecule has 2 aliphatic heterocycles. The van der Waals surface area contributed by atoms with Crippen molar-refractivity contribution >= 4 is 53.1 Å². The number of rotatable bonds is 8. The molecule has 0 unspecified atom stereocenters. The second-order valence-corrected chi connectivity index (χ2v) is 8.74. The average Bonchev–Trinajstić information content (AvgIpc) is 3.20. The standard InChI is InChI=1S/C16H15N5O4S3/c17-2-1-3-26-8-11(22)20-12-14(23)21-13(16(24)25)10(7-28-15(12)21)27-6-9-4-18-19-5-9/h1,3-5,12,15H,6-8H2,(H,18,19)(H,20,22)(H,24,25)/t12-,15+/m1/s1. The van der Waals surface area contributed by atoms with Gasteiger partial charge in [0.15, 0.2) is 0 Å². The van der Waals surface area contributed by atoms with E-state index in [9.17, 15) is 19.5 Å². The van der Waals surface area contributed by atoms with Crippen molar-refractivity contribution in [2.45, 2.75) is 17.2 Å². The van der Waals surface area contributed by atoms with E-state index in [4.69, 9.17) is 5.26 Å². The van der Waals surface area contributed by atoms with Crippen LogP contribution in [0, 0.1) is 11.3 Å². The summed E-state index contributed by atoms with van der Waals surface area (Å²) in [6, 6.07) is 1.08. The largest absolute Gasteiger partial charge is 0.477 e. The second kappa shape index (κ2) is 9.22. The number of β-lactam (4-membered cyclic amide) rings is 1. The Balaban J connectivity index is 1.64. The number of carboxylic acid groups (broad SMARTS) is 1. The number of nitriles is 1. The summed E-state index contributed by atoms with van der Waals surface area (Å²) >= 11 is 3.93. The topological polar surface area (TPSA) is 139 Å². The maximum Gasteiger partial charge on any atom is 0.353 e. The van der Waals surface area contributed by atoms with Gasteiger partial charge in [-0.25, -0.2) is 4.79 Å². The molecule has 2 amide bonds. The molecule has 3 N–H and O–H groups in total. The number of aromatic amines is 1. The van der Waals surface area contributed by atoms with E-state index in [1.165, 1.54) is 39.9 Å². The van der Waals surface area contributed by atoms with Gasteiger partial charge in [0.05, 0.1) is 18.0 Å².